The zero-order valence-corrected chi connectivity index (χ0v) is 26.2. The van der Waals surface area contributed by atoms with Crippen molar-refractivity contribution in [3.05, 3.63) is 0 Å². The molecule has 1 atom stereocenters. The molecule has 38 heavy (non-hydrogen) atoms. The van der Waals surface area contributed by atoms with Crippen LogP contribution < -0.4 is 68.9 Å². The largest absolute Gasteiger partial charge is 1.00 e. The smallest absolute Gasteiger partial charge is 0.790 e. The van der Waals surface area contributed by atoms with Crippen molar-refractivity contribution in [2.75, 3.05) is 13.2 Å². The van der Waals surface area contributed by atoms with Crippen molar-refractivity contribution in [1.82, 2.24) is 0 Å². The minimum Gasteiger partial charge on any atom is -0.790 e. The van der Waals surface area contributed by atoms with Crippen LogP contribution in [0.25, 0.3) is 0 Å². The monoisotopic (exact) mass is 600 g/mol. The summed E-state index contributed by atoms with van der Waals surface area (Å²) in [4.78, 5) is 44.6. The summed E-state index contributed by atoms with van der Waals surface area (Å²) in [6.07, 6.45) is 3.40. The molecule has 0 amide bonds. The standard InChI is InChI=1S/C26H11O8P.2Na.H2S.20H2/c1-3-5-7-9-11-12-13-15-17-19-21-26(28)34-24(23-33-35(29,30)31)22-32-25(27)20-18-16-14-10-8-6-4-2;;;;;;;;;;;;;;;;;;;;;;;/h1,24H,22-23H2,2H3,(H2,29,30,31);;;1H2;20*1H/q;2*+1;;;;;;;;;;;;;;;;;;;;;/p-2/t24-;;;;;;;;;;;;;;;;;;;;;;;/m1......................./s1. The molecule has 12 heteroatoms. The summed E-state index contributed by atoms with van der Waals surface area (Å²) in [6.45, 7) is -0.0278. The fourth-order valence-electron chi connectivity index (χ4n) is 1.28. The molecule has 0 rings (SSSR count). The van der Waals surface area contributed by atoms with Crippen molar-refractivity contribution in [2.45, 2.75) is 13.0 Å². The molecule has 0 radical (unpaired) electrons. The van der Waals surface area contributed by atoms with E-state index in [2.05, 4.69) is 105 Å². The average Bonchev–Trinajstić information content (AvgIpc) is 2.81. The van der Waals surface area contributed by atoms with Crippen molar-refractivity contribution >= 4 is 33.3 Å². The zero-order chi connectivity index (χ0) is 26.2. The molecule has 0 fully saturated rings. The van der Waals surface area contributed by atoms with E-state index in [1.807, 2.05) is 11.8 Å². The summed E-state index contributed by atoms with van der Waals surface area (Å²) in [6, 6.07) is 0. The van der Waals surface area contributed by atoms with Crippen molar-refractivity contribution in [1.29, 1.82) is 0 Å². The van der Waals surface area contributed by atoms with Gasteiger partial charge >= 0.3 is 71.1 Å². The maximum absolute atomic E-state index is 11.7. The Hall–Kier alpha value is -3.00. The quantitative estimate of drug-likeness (QED) is 0.104. The molecule has 0 N–H and O–H groups in total. The van der Waals surface area contributed by atoms with Gasteiger partial charge in [0.1, 0.15) is 6.61 Å². The maximum atomic E-state index is 11.7. The van der Waals surface area contributed by atoms with Crippen LogP contribution in [0.5, 0.6) is 0 Å². The summed E-state index contributed by atoms with van der Waals surface area (Å²) in [5, 5.41) is 0. The number of ether oxygens (including phenoxy) is 2. The van der Waals surface area contributed by atoms with E-state index in [1.165, 1.54) is 0 Å². The van der Waals surface area contributed by atoms with E-state index in [9.17, 15) is 23.9 Å². The van der Waals surface area contributed by atoms with Gasteiger partial charge in [-0.05, 0) is 102 Å². The van der Waals surface area contributed by atoms with Gasteiger partial charge in [0.15, 0.2) is 6.10 Å². The minimum absolute atomic E-state index is 0. The Morgan fingerprint density at radius 1 is 0.763 bits per heavy atom. The molecule has 0 aliphatic rings. The fourth-order valence-corrected chi connectivity index (χ4v) is 1.63. The Morgan fingerprint density at radius 3 is 1.63 bits per heavy atom. The van der Waals surface area contributed by atoms with Gasteiger partial charge in [-0.2, -0.15) is 13.5 Å². The van der Waals surface area contributed by atoms with Gasteiger partial charge in [-0.3, -0.25) is 0 Å². The van der Waals surface area contributed by atoms with Gasteiger partial charge < -0.3 is 28.3 Å². The second kappa shape index (κ2) is 28.6. The molecular formula is C26H51Na2O8PS. The number of hydrogen-bond donors (Lipinski definition) is 0. The Kier molecular flexibility index (Phi) is 31.7. The molecule has 8 nitrogen and oxygen atoms in total. The second-order valence-corrected chi connectivity index (χ2v) is 6.04. The molecule has 216 valence electrons. The number of terminal acetylenes is 1. The molecule has 0 spiro atoms. The van der Waals surface area contributed by atoms with Gasteiger partial charge in [0.2, 0.25) is 0 Å². The summed E-state index contributed by atoms with van der Waals surface area (Å²) >= 11 is 0. The summed E-state index contributed by atoms with van der Waals surface area (Å²) in [5.41, 5.74) is 0. The summed E-state index contributed by atoms with van der Waals surface area (Å²) in [5.74, 6) is 40.7. The normalized spacial score (nSPS) is 7.42. The van der Waals surface area contributed by atoms with Crippen molar-refractivity contribution in [2.24, 2.45) is 0 Å². The van der Waals surface area contributed by atoms with Gasteiger partial charge in [0.25, 0.3) is 0 Å². The third-order valence-electron chi connectivity index (χ3n) is 2.43. The van der Waals surface area contributed by atoms with Gasteiger partial charge in [0, 0.05) is 40.4 Å². The SMILES string of the molecule is C#CC#CC#CC#CC#CC#CC(=O)O[C@H](COC(=O)C#CC#CC#CC#CC)COP(=O)([O-])[O-].S.[HH].[HH].[HH].[HH].[HH].[HH].[HH].[HH].[HH].[HH].[HH].[HH].[HH].[HH].[HH].[HH].[HH].[HH].[HH].[HH].[Na+].[Na+]. The van der Waals surface area contributed by atoms with Crippen LogP contribution in [0.4, 0.5) is 0 Å². The van der Waals surface area contributed by atoms with E-state index in [4.69, 9.17) is 15.9 Å². The average molecular weight is 601 g/mol. The maximum Gasteiger partial charge on any atom is 1.00 e. The minimum atomic E-state index is -5.39. The van der Waals surface area contributed by atoms with Crippen molar-refractivity contribution in [3.63, 3.8) is 0 Å². The van der Waals surface area contributed by atoms with Gasteiger partial charge in [-0.25, -0.2) is 9.59 Å². The number of carbonyl (C=O) groups excluding carboxylic acids is 2. The van der Waals surface area contributed by atoms with Crippen LogP contribution >= 0.6 is 21.3 Å². The molecule has 0 unspecified atom stereocenters. The van der Waals surface area contributed by atoms with Crippen LogP contribution in [0.1, 0.15) is 35.5 Å². The van der Waals surface area contributed by atoms with Crippen LogP contribution in [0.3, 0.4) is 0 Å². The van der Waals surface area contributed by atoms with E-state index < -0.39 is 39.1 Å². The van der Waals surface area contributed by atoms with Crippen molar-refractivity contribution < 1.29 is 126 Å². The van der Waals surface area contributed by atoms with E-state index >= 15 is 0 Å². The molecule has 0 aromatic heterocycles. The third kappa shape index (κ3) is 31.0. The van der Waals surface area contributed by atoms with Crippen LogP contribution in [0.2, 0.25) is 0 Å². The number of phosphoric ester groups is 1. The molecule has 0 aromatic carbocycles. The van der Waals surface area contributed by atoms with Gasteiger partial charge in [-0.1, -0.05) is 5.92 Å². The molecule has 0 bridgehead atoms. The van der Waals surface area contributed by atoms with E-state index in [-0.39, 0.29) is 101 Å². The van der Waals surface area contributed by atoms with Gasteiger partial charge in [0.05, 0.1) is 14.4 Å². The Bertz CT molecular complexity index is 1550. The molecule has 0 aliphatic carbocycles. The molecule has 0 saturated heterocycles. The Labute approximate surface area is 302 Å². The number of rotatable bonds is 6. The summed E-state index contributed by atoms with van der Waals surface area (Å²) < 4.78 is 24.2. The van der Waals surface area contributed by atoms with E-state index in [1.54, 1.807) is 6.92 Å². The van der Waals surface area contributed by atoms with Crippen LogP contribution in [-0.2, 0) is 28.2 Å². The molecular weight excluding hydrogens is 549 g/mol. The first-order valence-electron chi connectivity index (χ1n) is 8.72. The zero-order valence-electron chi connectivity index (χ0n) is 20.3. The topological polar surface area (TPSA) is 125 Å². The fraction of sp³-hybridized carbons (Fsp3) is 0.154. The van der Waals surface area contributed by atoms with Crippen LogP contribution in [-0.4, -0.2) is 31.3 Å². The number of carbonyl (C=O) groups is 2. The summed E-state index contributed by atoms with van der Waals surface area (Å²) in [7, 11) is -5.39. The van der Waals surface area contributed by atoms with E-state index in [0.29, 0.717) is 0 Å². The first-order chi connectivity index (χ1) is 16.8. The molecule has 0 aliphatic heterocycles. The van der Waals surface area contributed by atoms with Crippen LogP contribution in [0, 0.1) is 119 Å². The predicted octanol–water partition coefficient (Wildman–Crippen LogP) is -2.99. The Balaban J connectivity index is -0.0000000228. The molecule has 0 aromatic rings. The number of esters is 2. The molecule has 0 heterocycles. The number of hydrogen-bond acceptors (Lipinski definition) is 8. The van der Waals surface area contributed by atoms with E-state index in [0.717, 1.165) is 0 Å². The predicted molar refractivity (Wildman–Crippen MR) is 172 cm³/mol. The van der Waals surface area contributed by atoms with Crippen molar-refractivity contribution in [3.8, 4) is 119 Å². The Morgan fingerprint density at radius 2 is 1.18 bits per heavy atom. The first-order valence-corrected chi connectivity index (χ1v) is 10.2. The third-order valence-corrected chi connectivity index (χ3v) is 2.90. The number of phosphoric acid groups is 1. The second-order valence-electron chi connectivity index (χ2n) is 4.89. The van der Waals surface area contributed by atoms with Gasteiger partial charge in [-0.15, -0.1) is 6.42 Å². The van der Waals surface area contributed by atoms with Crippen LogP contribution in [0.15, 0.2) is 0 Å². The first kappa shape index (κ1) is 42.1. The molecule has 0 saturated carbocycles.